The average molecular weight is 225 g/mol. The summed E-state index contributed by atoms with van der Waals surface area (Å²) < 4.78 is 4.95. The zero-order valence-electron chi connectivity index (χ0n) is 9.10. The Hall–Kier alpha value is -1.85. The lowest BCUT2D eigenvalue weighted by Gasteiger charge is -2.06. The Bertz CT molecular complexity index is 348. The molecule has 1 aromatic rings. The van der Waals surface area contributed by atoms with Gasteiger partial charge in [-0.3, -0.25) is 9.59 Å². The minimum Gasteiger partial charge on any atom is -0.447 e. The molecule has 88 valence electrons. The van der Waals surface area contributed by atoms with E-state index >= 15 is 0 Å². The van der Waals surface area contributed by atoms with E-state index in [-0.39, 0.29) is 30.7 Å². The van der Waals surface area contributed by atoms with Gasteiger partial charge in [0.25, 0.3) is 0 Å². The standard InChI is InChI=1S/C10H15N3O3/c1-7(10(11)15)2-3-8(14)13-6-9-12-4-5-16-9/h4-5,7H,2-3,6H2,1H3,(H2,11,15)(H,13,14)/t7-/m0/s1. The van der Waals surface area contributed by atoms with Crippen LogP contribution in [-0.2, 0) is 16.1 Å². The summed E-state index contributed by atoms with van der Waals surface area (Å²) in [6.45, 7) is 1.96. The first-order valence-corrected chi connectivity index (χ1v) is 5.04. The summed E-state index contributed by atoms with van der Waals surface area (Å²) in [5.74, 6) is -0.365. The van der Waals surface area contributed by atoms with Gasteiger partial charge in [-0.2, -0.15) is 0 Å². The van der Waals surface area contributed by atoms with E-state index < -0.39 is 0 Å². The molecule has 6 nitrogen and oxygen atoms in total. The maximum absolute atomic E-state index is 11.3. The van der Waals surface area contributed by atoms with Crippen molar-refractivity contribution in [2.45, 2.75) is 26.3 Å². The van der Waals surface area contributed by atoms with Crippen molar-refractivity contribution >= 4 is 11.8 Å². The van der Waals surface area contributed by atoms with E-state index in [0.717, 1.165) is 0 Å². The summed E-state index contributed by atoms with van der Waals surface area (Å²) in [6.07, 6.45) is 3.67. The number of hydrogen-bond acceptors (Lipinski definition) is 4. The van der Waals surface area contributed by atoms with Crippen LogP contribution >= 0.6 is 0 Å². The molecule has 0 saturated heterocycles. The molecule has 1 atom stereocenters. The largest absolute Gasteiger partial charge is 0.447 e. The third kappa shape index (κ3) is 4.12. The lowest BCUT2D eigenvalue weighted by molar-refractivity contribution is -0.123. The third-order valence-electron chi connectivity index (χ3n) is 2.21. The quantitative estimate of drug-likeness (QED) is 0.722. The van der Waals surface area contributed by atoms with Crippen molar-refractivity contribution in [2.75, 3.05) is 0 Å². The Labute approximate surface area is 93.2 Å². The molecule has 6 heteroatoms. The molecule has 16 heavy (non-hydrogen) atoms. The molecule has 1 rings (SSSR count). The molecule has 0 aromatic carbocycles. The first-order chi connectivity index (χ1) is 7.59. The first kappa shape index (κ1) is 12.2. The molecule has 0 bridgehead atoms. The van der Waals surface area contributed by atoms with Crippen molar-refractivity contribution in [3.05, 3.63) is 18.4 Å². The Morgan fingerprint density at radius 2 is 2.38 bits per heavy atom. The number of hydrogen-bond donors (Lipinski definition) is 2. The van der Waals surface area contributed by atoms with Crippen LogP contribution < -0.4 is 11.1 Å². The van der Waals surface area contributed by atoms with Crippen LogP contribution in [0.5, 0.6) is 0 Å². The molecule has 0 aliphatic heterocycles. The zero-order valence-corrected chi connectivity index (χ0v) is 9.10. The molecule has 0 unspecified atom stereocenters. The van der Waals surface area contributed by atoms with E-state index in [1.54, 1.807) is 6.92 Å². The fourth-order valence-electron chi connectivity index (χ4n) is 1.09. The molecular weight excluding hydrogens is 210 g/mol. The molecule has 1 aromatic heterocycles. The maximum Gasteiger partial charge on any atom is 0.220 e. The van der Waals surface area contributed by atoms with Crippen LogP contribution in [0.4, 0.5) is 0 Å². The second-order valence-corrected chi connectivity index (χ2v) is 3.54. The Balaban J connectivity index is 2.19. The van der Waals surface area contributed by atoms with E-state index in [1.165, 1.54) is 12.5 Å². The van der Waals surface area contributed by atoms with Crippen LogP contribution in [0.3, 0.4) is 0 Å². The molecule has 2 amide bonds. The average Bonchev–Trinajstić information content (AvgIpc) is 2.75. The van der Waals surface area contributed by atoms with Crippen molar-refractivity contribution < 1.29 is 14.0 Å². The van der Waals surface area contributed by atoms with Crippen molar-refractivity contribution in [2.24, 2.45) is 11.7 Å². The predicted molar refractivity (Wildman–Crippen MR) is 55.9 cm³/mol. The van der Waals surface area contributed by atoms with Crippen LogP contribution in [0.15, 0.2) is 16.9 Å². The van der Waals surface area contributed by atoms with Gasteiger partial charge in [0.2, 0.25) is 17.7 Å². The first-order valence-electron chi connectivity index (χ1n) is 5.04. The van der Waals surface area contributed by atoms with Crippen LogP contribution in [-0.4, -0.2) is 16.8 Å². The lowest BCUT2D eigenvalue weighted by Crippen LogP contribution is -2.26. The molecule has 0 radical (unpaired) electrons. The molecule has 1 heterocycles. The molecule has 3 N–H and O–H groups in total. The predicted octanol–water partition coefficient (Wildman–Crippen LogP) is 0.192. The topological polar surface area (TPSA) is 98.2 Å². The molecule has 0 fully saturated rings. The number of nitrogens with two attached hydrogens (primary N) is 1. The highest BCUT2D eigenvalue weighted by atomic mass is 16.3. The van der Waals surface area contributed by atoms with Gasteiger partial charge >= 0.3 is 0 Å². The van der Waals surface area contributed by atoms with Crippen LogP contribution in [0.2, 0.25) is 0 Å². The number of carbonyl (C=O) groups is 2. The highest BCUT2D eigenvalue weighted by Gasteiger charge is 2.11. The van der Waals surface area contributed by atoms with Gasteiger partial charge in [0.05, 0.1) is 12.7 Å². The maximum atomic E-state index is 11.3. The monoisotopic (exact) mass is 225 g/mol. The van der Waals surface area contributed by atoms with Gasteiger partial charge in [-0.25, -0.2) is 4.98 Å². The highest BCUT2D eigenvalue weighted by molar-refractivity contribution is 5.79. The summed E-state index contributed by atoms with van der Waals surface area (Å²) in [5.41, 5.74) is 5.08. The number of carbonyl (C=O) groups excluding carboxylic acids is 2. The van der Waals surface area contributed by atoms with E-state index in [1.807, 2.05) is 0 Å². The fourth-order valence-corrected chi connectivity index (χ4v) is 1.09. The van der Waals surface area contributed by atoms with Gasteiger partial charge in [0.1, 0.15) is 6.26 Å². The van der Waals surface area contributed by atoms with Crippen LogP contribution in [0.1, 0.15) is 25.7 Å². The van der Waals surface area contributed by atoms with E-state index in [2.05, 4.69) is 10.3 Å². The van der Waals surface area contributed by atoms with Crippen LogP contribution in [0.25, 0.3) is 0 Å². The SMILES string of the molecule is C[C@@H](CCC(=O)NCc1ncco1)C(N)=O. The minimum absolute atomic E-state index is 0.147. The second kappa shape index (κ2) is 5.89. The molecule has 0 aliphatic rings. The normalized spacial score (nSPS) is 12.1. The Kier molecular flexibility index (Phi) is 4.50. The summed E-state index contributed by atoms with van der Waals surface area (Å²) >= 11 is 0. The van der Waals surface area contributed by atoms with Gasteiger partial charge in [0, 0.05) is 12.3 Å². The van der Waals surface area contributed by atoms with Gasteiger partial charge < -0.3 is 15.5 Å². The number of nitrogens with zero attached hydrogens (tertiary/aromatic N) is 1. The zero-order chi connectivity index (χ0) is 12.0. The van der Waals surface area contributed by atoms with Crippen molar-refractivity contribution in [3.63, 3.8) is 0 Å². The van der Waals surface area contributed by atoms with Gasteiger partial charge in [-0.05, 0) is 6.42 Å². The number of rotatable bonds is 6. The summed E-state index contributed by atoms with van der Waals surface area (Å²) in [5, 5.41) is 2.63. The highest BCUT2D eigenvalue weighted by Crippen LogP contribution is 2.04. The molecule has 0 saturated carbocycles. The number of nitrogens with one attached hydrogen (secondary N) is 1. The van der Waals surface area contributed by atoms with Gasteiger partial charge in [-0.15, -0.1) is 0 Å². The minimum atomic E-state index is -0.388. The number of oxazole rings is 1. The molecule has 0 aliphatic carbocycles. The smallest absolute Gasteiger partial charge is 0.220 e. The third-order valence-corrected chi connectivity index (χ3v) is 2.21. The van der Waals surface area contributed by atoms with E-state index in [4.69, 9.17) is 10.2 Å². The second-order valence-electron chi connectivity index (χ2n) is 3.54. The van der Waals surface area contributed by atoms with Gasteiger partial charge in [0.15, 0.2) is 0 Å². The Morgan fingerprint density at radius 1 is 1.62 bits per heavy atom. The summed E-state index contributed by atoms with van der Waals surface area (Å²) in [6, 6.07) is 0. The van der Waals surface area contributed by atoms with Crippen molar-refractivity contribution in [1.29, 1.82) is 0 Å². The van der Waals surface area contributed by atoms with E-state index in [9.17, 15) is 9.59 Å². The lowest BCUT2D eigenvalue weighted by atomic mass is 10.1. The van der Waals surface area contributed by atoms with Gasteiger partial charge in [-0.1, -0.05) is 6.92 Å². The van der Waals surface area contributed by atoms with E-state index in [0.29, 0.717) is 12.3 Å². The number of amides is 2. The fraction of sp³-hybridized carbons (Fsp3) is 0.500. The number of primary amides is 1. The summed E-state index contributed by atoms with van der Waals surface area (Å²) in [7, 11) is 0. The van der Waals surface area contributed by atoms with Crippen molar-refractivity contribution in [3.8, 4) is 0 Å². The Morgan fingerprint density at radius 3 is 2.94 bits per heavy atom. The molecule has 0 spiro atoms. The van der Waals surface area contributed by atoms with Crippen LogP contribution in [0, 0.1) is 5.92 Å². The van der Waals surface area contributed by atoms with Crippen molar-refractivity contribution in [1.82, 2.24) is 10.3 Å². The number of aromatic nitrogens is 1. The summed E-state index contributed by atoms with van der Waals surface area (Å²) in [4.78, 5) is 25.9. The molecular formula is C10H15N3O3.